The highest BCUT2D eigenvalue weighted by Crippen LogP contribution is 2.36. The number of methoxy groups -OCH3 is 1. The molecule has 1 atom stereocenters. The Hall–Kier alpha value is -2.47. The standard InChI is InChI=1S/C17H16N2O3S/c1-21-17(20)13-4-6-14(7-5-13)23-16(15-3-2-10-22-15)11-19-9-8-18-12-19/h2-10,12,16H,11H2,1H3. The van der Waals surface area contributed by atoms with Gasteiger partial charge in [-0.15, -0.1) is 11.8 Å². The van der Waals surface area contributed by atoms with Crippen LogP contribution in [0.15, 0.2) is 70.7 Å². The number of esters is 1. The third-order valence-corrected chi connectivity index (χ3v) is 4.56. The van der Waals surface area contributed by atoms with Gasteiger partial charge in [-0.3, -0.25) is 0 Å². The number of aromatic nitrogens is 2. The van der Waals surface area contributed by atoms with Crippen LogP contribution in [0, 0.1) is 0 Å². The van der Waals surface area contributed by atoms with E-state index < -0.39 is 0 Å². The predicted molar refractivity (Wildman–Crippen MR) is 87.3 cm³/mol. The van der Waals surface area contributed by atoms with Gasteiger partial charge in [0.1, 0.15) is 5.76 Å². The van der Waals surface area contributed by atoms with Crippen LogP contribution >= 0.6 is 11.8 Å². The molecule has 0 N–H and O–H groups in total. The van der Waals surface area contributed by atoms with Crippen LogP contribution in [0.4, 0.5) is 0 Å². The van der Waals surface area contributed by atoms with E-state index in [2.05, 4.69) is 4.98 Å². The second-order valence-corrected chi connectivity index (χ2v) is 6.17. The Kier molecular flexibility index (Phi) is 4.83. The van der Waals surface area contributed by atoms with Crippen LogP contribution in [0.25, 0.3) is 0 Å². The molecule has 0 aliphatic heterocycles. The molecule has 5 nitrogen and oxygen atoms in total. The molecule has 0 aliphatic carbocycles. The first-order valence-corrected chi connectivity index (χ1v) is 7.98. The molecule has 6 heteroatoms. The van der Waals surface area contributed by atoms with Crippen molar-refractivity contribution in [3.63, 3.8) is 0 Å². The zero-order valence-electron chi connectivity index (χ0n) is 12.6. The SMILES string of the molecule is COC(=O)c1ccc(SC(Cn2ccnc2)c2ccco2)cc1. The molecule has 0 amide bonds. The van der Waals surface area contributed by atoms with E-state index in [9.17, 15) is 4.79 Å². The first-order chi connectivity index (χ1) is 11.3. The summed E-state index contributed by atoms with van der Waals surface area (Å²) in [4.78, 5) is 16.6. The van der Waals surface area contributed by atoms with Gasteiger partial charge in [0.05, 0.1) is 30.5 Å². The van der Waals surface area contributed by atoms with Gasteiger partial charge in [0.15, 0.2) is 0 Å². The zero-order valence-corrected chi connectivity index (χ0v) is 13.4. The number of carbonyl (C=O) groups excluding carboxylic acids is 1. The van der Waals surface area contributed by atoms with E-state index in [1.54, 1.807) is 42.7 Å². The number of furan rings is 1. The van der Waals surface area contributed by atoms with Gasteiger partial charge < -0.3 is 13.7 Å². The molecule has 0 saturated heterocycles. The Morgan fingerprint density at radius 1 is 1.35 bits per heavy atom. The molecule has 1 aromatic carbocycles. The van der Waals surface area contributed by atoms with Crippen LogP contribution in [0.2, 0.25) is 0 Å². The number of carbonyl (C=O) groups is 1. The van der Waals surface area contributed by atoms with Crippen molar-refractivity contribution >= 4 is 17.7 Å². The average Bonchev–Trinajstić information content (AvgIpc) is 3.27. The summed E-state index contributed by atoms with van der Waals surface area (Å²) in [7, 11) is 1.38. The van der Waals surface area contributed by atoms with Crippen molar-refractivity contribution in [2.45, 2.75) is 16.7 Å². The molecular formula is C17H16N2O3S. The Labute approximate surface area is 138 Å². The smallest absolute Gasteiger partial charge is 0.337 e. The van der Waals surface area contributed by atoms with Crippen LogP contribution in [-0.4, -0.2) is 22.6 Å². The van der Waals surface area contributed by atoms with Crippen LogP contribution in [0.5, 0.6) is 0 Å². The van der Waals surface area contributed by atoms with Crippen molar-refractivity contribution in [1.29, 1.82) is 0 Å². The summed E-state index contributed by atoms with van der Waals surface area (Å²) in [5, 5.41) is 0.114. The molecule has 118 valence electrons. The Morgan fingerprint density at radius 2 is 2.17 bits per heavy atom. The molecule has 0 saturated carbocycles. The van der Waals surface area contributed by atoms with Crippen molar-refractivity contribution in [3.8, 4) is 0 Å². The van der Waals surface area contributed by atoms with Crippen molar-refractivity contribution in [1.82, 2.24) is 9.55 Å². The molecule has 0 radical (unpaired) electrons. The summed E-state index contributed by atoms with van der Waals surface area (Å²) < 4.78 is 12.3. The van der Waals surface area contributed by atoms with Crippen molar-refractivity contribution in [2.24, 2.45) is 0 Å². The predicted octanol–water partition coefficient (Wildman–Crippen LogP) is 3.80. The van der Waals surface area contributed by atoms with E-state index >= 15 is 0 Å². The highest BCUT2D eigenvalue weighted by atomic mass is 32.2. The summed E-state index contributed by atoms with van der Waals surface area (Å²) in [6, 6.07) is 11.2. The Balaban J connectivity index is 1.77. The number of ether oxygens (including phenoxy) is 1. The molecule has 2 heterocycles. The highest BCUT2D eigenvalue weighted by Gasteiger charge is 2.17. The number of thioether (sulfide) groups is 1. The fraction of sp³-hybridized carbons (Fsp3) is 0.176. The molecule has 23 heavy (non-hydrogen) atoms. The van der Waals surface area contributed by atoms with Crippen molar-refractivity contribution in [3.05, 3.63) is 72.7 Å². The number of rotatable bonds is 6. The van der Waals surface area contributed by atoms with E-state index in [0.29, 0.717) is 5.56 Å². The van der Waals surface area contributed by atoms with Gasteiger partial charge in [-0.05, 0) is 36.4 Å². The third-order valence-electron chi connectivity index (χ3n) is 3.35. The van der Waals surface area contributed by atoms with Crippen LogP contribution < -0.4 is 0 Å². The monoisotopic (exact) mass is 328 g/mol. The molecule has 2 aromatic heterocycles. The van der Waals surface area contributed by atoms with Gasteiger partial charge in [0.25, 0.3) is 0 Å². The highest BCUT2D eigenvalue weighted by molar-refractivity contribution is 7.99. The first-order valence-electron chi connectivity index (χ1n) is 7.10. The average molecular weight is 328 g/mol. The molecule has 0 fully saturated rings. The number of hydrogen-bond acceptors (Lipinski definition) is 5. The minimum absolute atomic E-state index is 0.114. The minimum atomic E-state index is -0.331. The van der Waals surface area contributed by atoms with E-state index in [4.69, 9.17) is 9.15 Å². The summed E-state index contributed by atoms with van der Waals surface area (Å²) >= 11 is 1.68. The van der Waals surface area contributed by atoms with E-state index in [-0.39, 0.29) is 11.2 Å². The van der Waals surface area contributed by atoms with E-state index in [0.717, 1.165) is 17.2 Å². The lowest BCUT2D eigenvalue weighted by atomic mass is 10.2. The topological polar surface area (TPSA) is 57.3 Å². The van der Waals surface area contributed by atoms with Crippen LogP contribution in [-0.2, 0) is 11.3 Å². The largest absolute Gasteiger partial charge is 0.468 e. The quantitative estimate of drug-likeness (QED) is 0.509. The molecular weight excluding hydrogens is 312 g/mol. The van der Waals surface area contributed by atoms with E-state index in [1.165, 1.54) is 7.11 Å². The van der Waals surface area contributed by atoms with Crippen molar-refractivity contribution in [2.75, 3.05) is 7.11 Å². The minimum Gasteiger partial charge on any atom is -0.468 e. The third kappa shape index (κ3) is 3.84. The first kappa shape index (κ1) is 15.4. The van der Waals surface area contributed by atoms with Gasteiger partial charge in [-0.25, -0.2) is 9.78 Å². The lowest BCUT2D eigenvalue weighted by Crippen LogP contribution is -2.04. The second kappa shape index (κ2) is 7.19. The Morgan fingerprint density at radius 3 is 2.78 bits per heavy atom. The van der Waals surface area contributed by atoms with Crippen molar-refractivity contribution < 1.29 is 13.9 Å². The second-order valence-electron chi connectivity index (χ2n) is 4.90. The zero-order chi connectivity index (χ0) is 16.1. The van der Waals surface area contributed by atoms with Gasteiger partial charge >= 0.3 is 5.97 Å². The molecule has 0 spiro atoms. The number of benzene rings is 1. The van der Waals surface area contributed by atoms with Gasteiger partial charge in [0.2, 0.25) is 0 Å². The molecule has 3 aromatic rings. The lowest BCUT2D eigenvalue weighted by Gasteiger charge is -2.15. The fourth-order valence-corrected chi connectivity index (χ4v) is 3.32. The normalized spacial score (nSPS) is 12.0. The Bertz CT molecular complexity index is 737. The molecule has 0 bridgehead atoms. The molecule has 3 rings (SSSR count). The van der Waals surface area contributed by atoms with Crippen LogP contribution in [0.3, 0.4) is 0 Å². The molecule has 0 aliphatic rings. The summed E-state index contributed by atoms with van der Waals surface area (Å²) in [6.45, 7) is 0.747. The summed E-state index contributed by atoms with van der Waals surface area (Å²) in [5.74, 6) is 0.572. The summed E-state index contributed by atoms with van der Waals surface area (Å²) in [5.41, 5.74) is 0.543. The molecule has 1 unspecified atom stereocenters. The lowest BCUT2D eigenvalue weighted by molar-refractivity contribution is 0.0600. The maximum absolute atomic E-state index is 11.5. The maximum atomic E-state index is 11.5. The number of imidazole rings is 1. The summed E-state index contributed by atoms with van der Waals surface area (Å²) in [6.07, 6.45) is 7.15. The fourth-order valence-electron chi connectivity index (χ4n) is 2.20. The van der Waals surface area contributed by atoms with Gasteiger partial charge in [-0.2, -0.15) is 0 Å². The maximum Gasteiger partial charge on any atom is 0.337 e. The van der Waals surface area contributed by atoms with Gasteiger partial charge in [-0.1, -0.05) is 0 Å². The van der Waals surface area contributed by atoms with Gasteiger partial charge in [0, 0.05) is 23.8 Å². The van der Waals surface area contributed by atoms with E-state index in [1.807, 2.05) is 35.0 Å². The number of hydrogen-bond donors (Lipinski definition) is 0. The number of nitrogens with zero attached hydrogens (tertiary/aromatic N) is 2. The van der Waals surface area contributed by atoms with Crippen LogP contribution in [0.1, 0.15) is 21.4 Å².